The van der Waals surface area contributed by atoms with Gasteiger partial charge in [-0.15, -0.1) is 6.58 Å². The van der Waals surface area contributed by atoms with E-state index in [0.29, 0.717) is 13.0 Å². The number of rotatable bonds is 10. The van der Waals surface area contributed by atoms with Crippen molar-refractivity contribution in [2.75, 3.05) is 19.7 Å². The van der Waals surface area contributed by atoms with E-state index in [-0.39, 0.29) is 17.0 Å². The zero-order valence-electron chi connectivity index (χ0n) is 16.2. The minimum absolute atomic E-state index is 0.0184. The van der Waals surface area contributed by atoms with E-state index in [1.807, 2.05) is 31.2 Å². The number of hydrogen-bond acceptors (Lipinski definition) is 5. The molecule has 8 heteroatoms. The van der Waals surface area contributed by atoms with Gasteiger partial charge in [-0.2, -0.15) is 0 Å². The number of ether oxygens (including phenoxy) is 1. The Hall–Kier alpha value is -2.97. The summed E-state index contributed by atoms with van der Waals surface area (Å²) in [5, 5.41) is 2.70. The molecule has 29 heavy (non-hydrogen) atoms. The molecule has 1 amide bonds. The van der Waals surface area contributed by atoms with Crippen LogP contribution in [0.5, 0.6) is 0 Å². The summed E-state index contributed by atoms with van der Waals surface area (Å²) in [7, 11) is -3.66. The van der Waals surface area contributed by atoms with Crippen molar-refractivity contribution in [2.45, 2.75) is 18.2 Å². The van der Waals surface area contributed by atoms with Gasteiger partial charge in [0.25, 0.3) is 5.91 Å². The SMILES string of the molecule is C=CCNS(=O)(=O)c1ccc(C(=O)OCC(=O)NCCc2ccccc2C)cc1. The Balaban J connectivity index is 1.80. The summed E-state index contributed by atoms with van der Waals surface area (Å²) in [5.74, 6) is -1.11. The number of benzene rings is 2. The molecule has 0 bridgehead atoms. The van der Waals surface area contributed by atoms with E-state index >= 15 is 0 Å². The number of carbonyl (C=O) groups excluding carboxylic acids is 2. The van der Waals surface area contributed by atoms with E-state index < -0.39 is 28.5 Å². The van der Waals surface area contributed by atoms with Crippen LogP contribution in [-0.4, -0.2) is 40.0 Å². The van der Waals surface area contributed by atoms with E-state index in [0.717, 1.165) is 11.1 Å². The number of aryl methyl sites for hydroxylation is 1. The number of nitrogens with one attached hydrogen (secondary N) is 2. The van der Waals surface area contributed by atoms with Crippen molar-refractivity contribution >= 4 is 21.9 Å². The average Bonchev–Trinajstić information content (AvgIpc) is 2.72. The molecule has 0 unspecified atom stereocenters. The molecule has 2 N–H and O–H groups in total. The predicted molar refractivity (Wildman–Crippen MR) is 110 cm³/mol. The van der Waals surface area contributed by atoms with Crippen LogP contribution in [-0.2, 0) is 26.0 Å². The first-order chi connectivity index (χ1) is 13.8. The Morgan fingerprint density at radius 1 is 1.10 bits per heavy atom. The molecule has 2 rings (SSSR count). The second-order valence-corrected chi connectivity index (χ2v) is 8.03. The first-order valence-electron chi connectivity index (χ1n) is 9.02. The topological polar surface area (TPSA) is 102 Å². The zero-order chi connectivity index (χ0) is 21.3. The van der Waals surface area contributed by atoms with E-state index in [4.69, 9.17) is 4.74 Å². The zero-order valence-corrected chi connectivity index (χ0v) is 17.0. The molecule has 154 valence electrons. The van der Waals surface area contributed by atoms with Crippen molar-refractivity contribution in [3.63, 3.8) is 0 Å². The molecule has 2 aromatic rings. The molecule has 0 radical (unpaired) electrons. The summed E-state index contributed by atoms with van der Waals surface area (Å²) in [6.45, 7) is 5.58. The van der Waals surface area contributed by atoms with Crippen LogP contribution in [0, 0.1) is 6.92 Å². The van der Waals surface area contributed by atoms with Crippen LogP contribution in [0.15, 0.2) is 66.1 Å². The van der Waals surface area contributed by atoms with Crippen molar-refractivity contribution in [1.29, 1.82) is 0 Å². The third kappa shape index (κ3) is 6.85. The van der Waals surface area contributed by atoms with Crippen molar-refractivity contribution in [1.82, 2.24) is 10.0 Å². The van der Waals surface area contributed by atoms with E-state index in [9.17, 15) is 18.0 Å². The number of sulfonamides is 1. The third-order valence-electron chi connectivity index (χ3n) is 4.13. The fourth-order valence-corrected chi connectivity index (χ4v) is 3.51. The summed E-state index contributed by atoms with van der Waals surface area (Å²) in [4.78, 5) is 23.9. The predicted octanol–water partition coefficient (Wildman–Crippen LogP) is 1.98. The lowest BCUT2D eigenvalue weighted by Gasteiger charge is -2.09. The van der Waals surface area contributed by atoms with Gasteiger partial charge in [-0.05, 0) is 48.7 Å². The number of hydrogen-bond donors (Lipinski definition) is 2. The Morgan fingerprint density at radius 3 is 2.45 bits per heavy atom. The maximum absolute atomic E-state index is 12.0. The van der Waals surface area contributed by atoms with Crippen LogP contribution in [0.2, 0.25) is 0 Å². The van der Waals surface area contributed by atoms with Crippen LogP contribution >= 0.6 is 0 Å². The van der Waals surface area contributed by atoms with Gasteiger partial charge in [0.05, 0.1) is 10.5 Å². The molecule has 0 aliphatic carbocycles. The van der Waals surface area contributed by atoms with Crippen LogP contribution < -0.4 is 10.0 Å². The highest BCUT2D eigenvalue weighted by Crippen LogP contribution is 2.11. The van der Waals surface area contributed by atoms with E-state index in [1.54, 1.807) is 0 Å². The van der Waals surface area contributed by atoms with Crippen molar-refractivity contribution in [2.24, 2.45) is 0 Å². The van der Waals surface area contributed by atoms with Crippen LogP contribution in [0.25, 0.3) is 0 Å². The number of amides is 1. The molecule has 0 fully saturated rings. The second-order valence-electron chi connectivity index (χ2n) is 6.27. The standard InChI is InChI=1S/C21H24N2O5S/c1-3-13-23-29(26,27)19-10-8-18(9-11-19)21(25)28-15-20(24)22-14-12-17-7-5-4-6-16(17)2/h3-11,23H,1,12-15H2,2H3,(H,22,24). The molecule has 0 aromatic heterocycles. The second kappa shape index (κ2) is 10.5. The van der Waals surface area contributed by atoms with Crippen LogP contribution in [0.4, 0.5) is 0 Å². The molecule has 0 aliphatic heterocycles. The van der Waals surface area contributed by atoms with Gasteiger partial charge < -0.3 is 10.1 Å². The van der Waals surface area contributed by atoms with Gasteiger partial charge in [-0.25, -0.2) is 17.9 Å². The molecule has 0 aliphatic rings. The average molecular weight is 416 g/mol. The minimum atomic E-state index is -3.66. The van der Waals surface area contributed by atoms with Gasteiger partial charge in [-0.3, -0.25) is 4.79 Å². The summed E-state index contributed by atoms with van der Waals surface area (Å²) in [6, 6.07) is 13.2. The smallest absolute Gasteiger partial charge is 0.338 e. The van der Waals surface area contributed by atoms with Crippen molar-refractivity contribution in [3.8, 4) is 0 Å². The normalized spacial score (nSPS) is 10.9. The fraction of sp³-hybridized carbons (Fsp3) is 0.238. The van der Waals surface area contributed by atoms with Gasteiger partial charge in [0.1, 0.15) is 0 Å². The lowest BCUT2D eigenvalue weighted by Crippen LogP contribution is -2.30. The third-order valence-corrected chi connectivity index (χ3v) is 5.57. The highest BCUT2D eigenvalue weighted by Gasteiger charge is 2.15. The Morgan fingerprint density at radius 2 is 1.79 bits per heavy atom. The number of esters is 1. The van der Waals surface area contributed by atoms with Crippen molar-refractivity contribution < 1.29 is 22.7 Å². The summed E-state index contributed by atoms with van der Waals surface area (Å²) in [5.41, 5.74) is 2.45. The monoisotopic (exact) mass is 416 g/mol. The largest absolute Gasteiger partial charge is 0.452 e. The summed E-state index contributed by atoms with van der Waals surface area (Å²) >= 11 is 0. The van der Waals surface area contributed by atoms with Gasteiger partial charge in [0.2, 0.25) is 10.0 Å². The fourth-order valence-electron chi connectivity index (χ4n) is 2.51. The maximum atomic E-state index is 12.0. The van der Waals surface area contributed by atoms with Gasteiger partial charge in [0.15, 0.2) is 6.61 Å². The first-order valence-corrected chi connectivity index (χ1v) is 10.5. The molecule has 0 heterocycles. The Kier molecular flexibility index (Phi) is 8.11. The van der Waals surface area contributed by atoms with Crippen LogP contribution in [0.1, 0.15) is 21.5 Å². The number of carbonyl (C=O) groups is 2. The maximum Gasteiger partial charge on any atom is 0.338 e. The minimum Gasteiger partial charge on any atom is -0.452 e. The van der Waals surface area contributed by atoms with Gasteiger partial charge in [0, 0.05) is 13.1 Å². The molecule has 0 saturated carbocycles. The molecule has 7 nitrogen and oxygen atoms in total. The van der Waals surface area contributed by atoms with E-state index in [2.05, 4.69) is 16.6 Å². The van der Waals surface area contributed by atoms with Gasteiger partial charge >= 0.3 is 5.97 Å². The molecule has 0 atom stereocenters. The first kappa shape index (κ1) is 22.3. The summed E-state index contributed by atoms with van der Waals surface area (Å²) in [6.07, 6.45) is 2.11. The van der Waals surface area contributed by atoms with Gasteiger partial charge in [-0.1, -0.05) is 30.3 Å². The van der Waals surface area contributed by atoms with E-state index in [1.165, 1.54) is 30.3 Å². The highest BCUT2D eigenvalue weighted by atomic mass is 32.2. The lowest BCUT2D eigenvalue weighted by atomic mass is 10.1. The molecular formula is C21H24N2O5S. The quantitative estimate of drug-likeness (QED) is 0.456. The molecular weight excluding hydrogens is 392 g/mol. The summed E-state index contributed by atoms with van der Waals surface area (Å²) < 4.78 is 31.3. The Bertz CT molecular complexity index is 969. The molecule has 2 aromatic carbocycles. The Labute approximate surface area is 170 Å². The molecule has 0 spiro atoms. The van der Waals surface area contributed by atoms with Crippen LogP contribution in [0.3, 0.4) is 0 Å². The molecule has 0 saturated heterocycles. The lowest BCUT2D eigenvalue weighted by molar-refractivity contribution is -0.124. The van der Waals surface area contributed by atoms with Crippen molar-refractivity contribution in [3.05, 3.63) is 77.9 Å². The highest BCUT2D eigenvalue weighted by molar-refractivity contribution is 7.89.